The number of amides is 2. The maximum atomic E-state index is 14.0. The van der Waals surface area contributed by atoms with Crippen LogP contribution in [0.2, 0.25) is 10.2 Å². The third-order valence-electron chi connectivity index (χ3n) is 6.80. The summed E-state index contributed by atoms with van der Waals surface area (Å²) in [5.74, 6) is -0.486. The second-order valence-electron chi connectivity index (χ2n) is 9.52. The number of rotatable bonds is 7. The van der Waals surface area contributed by atoms with Gasteiger partial charge >= 0.3 is 0 Å². The second-order valence-corrected chi connectivity index (χ2v) is 10.3. The minimum Gasteiger partial charge on any atom is -0.350 e. The summed E-state index contributed by atoms with van der Waals surface area (Å²) in [4.78, 5) is 33.9. The van der Waals surface area contributed by atoms with Crippen molar-refractivity contribution in [1.82, 2.24) is 30.3 Å². The summed E-state index contributed by atoms with van der Waals surface area (Å²) in [5, 5.41) is 10.6. The quantitative estimate of drug-likeness (QED) is 0.249. The van der Waals surface area contributed by atoms with Crippen molar-refractivity contribution in [3.05, 3.63) is 93.8 Å². The van der Waals surface area contributed by atoms with E-state index in [-0.39, 0.29) is 29.0 Å². The molecule has 0 saturated heterocycles. The average Bonchev–Trinajstić information content (AvgIpc) is 3.52. The number of halogens is 3. The number of hydrogen-bond donors (Lipinski definition) is 2. The Bertz CT molecular complexity index is 1780. The van der Waals surface area contributed by atoms with Gasteiger partial charge in [-0.1, -0.05) is 40.5 Å². The number of pyridine rings is 1. The molecule has 0 bridgehead atoms. The third-order valence-corrected chi connectivity index (χ3v) is 7.48. The molecule has 12 heteroatoms. The van der Waals surface area contributed by atoms with E-state index in [1.165, 1.54) is 18.3 Å². The molecule has 1 aliphatic rings. The maximum absolute atomic E-state index is 14.0. The smallest absolute Gasteiger partial charge is 0.255 e. The lowest BCUT2D eigenvalue weighted by molar-refractivity contribution is -0.124. The zero-order valence-electron chi connectivity index (χ0n) is 21.0. The standard InChI is InChI=1S/C28H21Cl2FN6O3/c1-15-34-25(36-40-15)23-22(29)20-13-17(31)6-9-21(20)37(23)18-7-4-16(5-8-18)14-33-27(39)28(10-11-28)35-26(38)19-3-2-12-32-24(19)30/h2-9,12-13H,10-11,14H2,1H3,(H,33,39)(H,35,38). The molecule has 0 aliphatic heterocycles. The predicted molar refractivity (Wildman–Crippen MR) is 147 cm³/mol. The van der Waals surface area contributed by atoms with E-state index in [1.54, 1.807) is 25.1 Å². The van der Waals surface area contributed by atoms with Gasteiger partial charge in [-0.2, -0.15) is 4.98 Å². The van der Waals surface area contributed by atoms with Gasteiger partial charge in [0.05, 0.1) is 16.1 Å². The molecule has 3 aromatic heterocycles. The summed E-state index contributed by atoms with van der Waals surface area (Å²) in [6, 6.07) is 15.0. The van der Waals surface area contributed by atoms with Crippen LogP contribution in [0.5, 0.6) is 0 Å². The van der Waals surface area contributed by atoms with Crippen molar-refractivity contribution in [1.29, 1.82) is 0 Å². The first-order chi connectivity index (χ1) is 19.3. The Morgan fingerprint density at radius 1 is 1.12 bits per heavy atom. The minimum atomic E-state index is -0.968. The number of nitrogens with zero attached hydrogens (tertiary/aromatic N) is 4. The van der Waals surface area contributed by atoms with E-state index in [0.717, 1.165) is 11.3 Å². The van der Waals surface area contributed by atoms with Crippen LogP contribution in [-0.4, -0.2) is 37.0 Å². The number of carbonyl (C=O) groups excluding carboxylic acids is 2. The van der Waals surface area contributed by atoms with Crippen LogP contribution in [0, 0.1) is 12.7 Å². The summed E-state index contributed by atoms with van der Waals surface area (Å²) in [6.07, 6.45) is 2.55. The molecule has 0 atom stereocenters. The molecule has 1 aliphatic carbocycles. The fourth-order valence-electron chi connectivity index (χ4n) is 4.58. The van der Waals surface area contributed by atoms with Crippen LogP contribution >= 0.6 is 23.2 Å². The topological polar surface area (TPSA) is 115 Å². The lowest BCUT2D eigenvalue weighted by atomic mass is 10.1. The lowest BCUT2D eigenvalue weighted by Crippen LogP contribution is -2.48. The van der Waals surface area contributed by atoms with Gasteiger partial charge in [0, 0.05) is 30.7 Å². The molecular formula is C28H21Cl2FN6O3. The molecule has 1 fully saturated rings. The van der Waals surface area contributed by atoms with Gasteiger partial charge in [-0.3, -0.25) is 9.59 Å². The van der Waals surface area contributed by atoms with Gasteiger partial charge in [-0.15, -0.1) is 0 Å². The van der Waals surface area contributed by atoms with E-state index in [9.17, 15) is 14.0 Å². The Balaban J connectivity index is 1.21. The fourth-order valence-corrected chi connectivity index (χ4v) is 5.10. The first kappa shape index (κ1) is 26.0. The summed E-state index contributed by atoms with van der Waals surface area (Å²) in [5.41, 5.74) is 1.96. The molecule has 9 nitrogen and oxygen atoms in total. The van der Waals surface area contributed by atoms with E-state index in [0.29, 0.717) is 40.4 Å². The highest BCUT2D eigenvalue weighted by atomic mass is 35.5. The molecule has 5 aromatic rings. The van der Waals surface area contributed by atoms with Crippen molar-refractivity contribution < 1.29 is 18.5 Å². The van der Waals surface area contributed by atoms with Crippen LogP contribution < -0.4 is 10.6 Å². The third kappa shape index (κ3) is 4.69. The molecule has 2 amide bonds. The van der Waals surface area contributed by atoms with Crippen LogP contribution in [-0.2, 0) is 11.3 Å². The van der Waals surface area contributed by atoms with E-state index < -0.39 is 17.3 Å². The van der Waals surface area contributed by atoms with Crippen LogP contribution in [0.3, 0.4) is 0 Å². The highest BCUT2D eigenvalue weighted by Gasteiger charge is 2.51. The predicted octanol–water partition coefficient (Wildman–Crippen LogP) is 5.41. The molecule has 0 spiro atoms. The molecule has 202 valence electrons. The summed E-state index contributed by atoms with van der Waals surface area (Å²) in [6.45, 7) is 1.92. The Hall–Kier alpha value is -4.28. The van der Waals surface area contributed by atoms with Gasteiger partial charge in [0.1, 0.15) is 22.2 Å². The molecule has 3 heterocycles. The van der Waals surface area contributed by atoms with Crippen LogP contribution in [0.25, 0.3) is 28.1 Å². The number of carbonyl (C=O) groups is 2. The Labute approximate surface area is 237 Å². The van der Waals surface area contributed by atoms with E-state index in [1.807, 2.05) is 28.8 Å². The summed E-state index contributed by atoms with van der Waals surface area (Å²) >= 11 is 12.7. The zero-order chi connectivity index (χ0) is 28.0. The molecule has 0 unspecified atom stereocenters. The van der Waals surface area contributed by atoms with Crippen molar-refractivity contribution in [2.75, 3.05) is 0 Å². The fraction of sp³-hybridized carbons (Fsp3) is 0.179. The van der Waals surface area contributed by atoms with Crippen molar-refractivity contribution in [2.24, 2.45) is 0 Å². The van der Waals surface area contributed by atoms with Crippen molar-refractivity contribution >= 4 is 45.9 Å². The van der Waals surface area contributed by atoms with E-state index >= 15 is 0 Å². The number of hydrogen-bond acceptors (Lipinski definition) is 6. The van der Waals surface area contributed by atoms with Gasteiger partial charge in [-0.05, 0) is 60.9 Å². The Morgan fingerprint density at radius 2 is 1.90 bits per heavy atom. The highest BCUT2D eigenvalue weighted by Crippen LogP contribution is 2.39. The van der Waals surface area contributed by atoms with E-state index in [4.69, 9.17) is 27.7 Å². The van der Waals surface area contributed by atoms with Crippen molar-refractivity contribution in [3.8, 4) is 17.2 Å². The lowest BCUT2D eigenvalue weighted by Gasteiger charge is -2.18. The number of fused-ring (bicyclic) bond motifs is 1. The first-order valence-corrected chi connectivity index (χ1v) is 13.1. The molecule has 1 saturated carbocycles. The molecule has 6 rings (SSSR count). The number of benzene rings is 2. The number of aryl methyl sites for hydroxylation is 1. The Morgan fingerprint density at radius 3 is 2.58 bits per heavy atom. The average molecular weight is 579 g/mol. The van der Waals surface area contributed by atoms with Crippen LogP contribution in [0.4, 0.5) is 4.39 Å². The van der Waals surface area contributed by atoms with Gasteiger partial charge in [0.2, 0.25) is 17.6 Å². The first-order valence-electron chi connectivity index (χ1n) is 12.4. The largest absolute Gasteiger partial charge is 0.350 e. The van der Waals surface area contributed by atoms with Gasteiger partial charge in [0.25, 0.3) is 5.91 Å². The second kappa shape index (κ2) is 10.0. The molecule has 40 heavy (non-hydrogen) atoms. The minimum absolute atomic E-state index is 0.0795. The van der Waals surface area contributed by atoms with Gasteiger partial charge in [-0.25, -0.2) is 9.37 Å². The van der Waals surface area contributed by atoms with Crippen molar-refractivity contribution in [3.63, 3.8) is 0 Å². The van der Waals surface area contributed by atoms with Crippen molar-refractivity contribution in [2.45, 2.75) is 31.8 Å². The summed E-state index contributed by atoms with van der Waals surface area (Å²) < 4.78 is 21.0. The zero-order valence-corrected chi connectivity index (χ0v) is 22.6. The van der Waals surface area contributed by atoms with Gasteiger partial charge < -0.3 is 19.7 Å². The normalized spacial score (nSPS) is 13.8. The van der Waals surface area contributed by atoms with Crippen LogP contribution in [0.1, 0.15) is 34.7 Å². The number of nitrogens with one attached hydrogen (secondary N) is 2. The molecule has 2 N–H and O–H groups in total. The maximum Gasteiger partial charge on any atom is 0.255 e. The highest BCUT2D eigenvalue weighted by molar-refractivity contribution is 6.38. The van der Waals surface area contributed by atoms with Crippen LogP contribution in [0.15, 0.2) is 65.3 Å². The van der Waals surface area contributed by atoms with Gasteiger partial charge in [0.15, 0.2) is 0 Å². The number of aromatic nitrogens is 4. The molecule has 0 radical (unpaired) electrons. The molecular weight excluding hydrogens is 558 g/mol. The van der Waals surface area contributed by atoms with E-state index in [2.05, 4.69) is 25.8 Å². The summed E-state index contributed by atoms with van der Waals surface area (Å²) in [7, 11) is 0. The monoisotopic (exact) mass is 578 g/mol. The molecule has 2 aromatic carbocycles. The SMILES string of the molecule is Cc1nc(-c2c(Cl)c3cc(F)ccc3n2-c2ccc(CNC(=O)C3(NC(=O)c4cccnc4Cl)CC3)cc2)no1. The Kier molecular flexibility index (Phi) is 6.52.